The third kappa shape index (κ3) is 2.78. The van der Waals surface area contributed by atoms with Gasteiger partial charge in [0.15, 0.2) is 0 Å². The maximum Gasteiger partial charge on any atom is 0.218 e. The Kier molecular flexibility index (Phi) is 4.98. The molecule has 1 unspecified atom stereocenters. The van der Waals surface area contributed by atoms with Gasteiger partial charge in [-0.3, -0.25) is 4.68 Å². The number of halogens is 1. The fourth-order valence-electron chi connectivity index (χ4n) is 2.28. The molecule has 1 atom stereocenters. The lowest BCUT2D eigenvalue weighted by Gasteiger charge is -2.20. The van der Waals surface area contributed by atoms with Crippen LogP contribution in [0.4, 0.5) is 0 Å². The van der Waals surface area contributed by atoms with Gasteiger partial charge in [0.1, 0.15) is 0 Å². The molecule has 2 heterocycles. The second kappa shape index (κ2) is 6.72. The van der Waals surface area contributed by atoms with Gasteiger partial charge in [0, 0.05) is 18.3 Å². The van der Waals surface area contributed by atoms with E-state index in [4.69, 9.17) is 16.3 Å². The van der Waals surface area contributed by atoms with Gasteiger partial charge in [0.05, 0.1) is 30.1 Å². The maximum atomic E-state index is 6.32. The molecule has 0 saturated carbocycles. The number of methoxy groups -OCH3 is 1. The summed E-state index contributed by atoms with van der Waals surface area (Å²) >= 11 is 6.32. The molecule has 20 heavy (non-hydrogen) atoms. The molecular formula is C14H19ClN4O. The zero-order valence-electron chi connectivity index (χ0n) is 11.9. The van der Waals surface area contributed by atoms with Crippen LogP contribution in [0, 0.1) is 0 Å². The van der Waals surface area contributed by atoms with E-state index in [-0.39, 0.29) is 6.04 Å². The lowest BCUT2D eigenvalue weighted by molar-refractivity contribution is 0.386. The molecule has 0 radical (unpaired) electrons. The van der Waals surface area contributed by atoms with Gasteiger partial charge in [-0.15, -0.1) is 0 Å². The van der Waals surface area contributed by atoms with Crippen LogP contribution in [0.25, 0.3) is 0 Å². The molecule has 0 aliphatic carbocycles. The standard InChI is InChI=1S/C14H19ClN4O/c1-4-8-19-13(11(15)9-18-19)12(16-2)10-6-5-7-17-14(10)20-3/h5-7,9,12,16H,4,8H2,1-3H3. The second-order valence-corrected chi connectivity index (χ2v) is 4.83. The van der Waals surface area contributed by atoms with Crippen molar-refractivity contribution < 1.29 is 4.74 Å². The highest BCUT2D eigenvalue weighted by Crippen LogP contribution is 2.32. The monoisotopic (exact) mass is 294 g/mol. The van der Waals surface area contributed by atoms with Crippen molar-refractivity contribution in [2.75, 3.05) is 14.2 Å². The first kappa shape index (κ1) is 14.8. The van der Waals surface area contributed by atoms with E-state index in [2.05, 4.69) is 22.3 Å². The van der Waals surface area contributed by atoms with Crippen molar-refractivity contribution in [3.05, 3.63) is 40.8 Å². The van der Waals surface area contributed by atoms with Crippen LogP contribution in [0.15, 0.2) is 24.5 Å². The molecule has 108 valence electrons. The minimum Gasteiger partial charge on any atom is -0.481 e. The first-order valence-corrected chi connectivity index (χ1v) is 6.98. The molecule has 0 spiro atoms. The van der Waals surface area contributed by atoms with E-state index in [1.807, 2.05) is 23.9 Å². The summed E-state index contributed by atoms with van der Waals surface area (Å²) in [6, 6.07) is 3.75. The molecular weight excluding hydrogens is 276 g/mol. The van der Waals surface area contributed by atoms with Crippen LogP contribution in [0.1, 0.15) is 30.6 Å². The van der Waals surface area contributed by atoms with Gasteiger partial charge in [0.25, 0.3) is 0 Å². The van der Waals surface area contributed by atoms with Crippen molar-refractivity contribution in [3.63, 3.8) is 0 Å². The highest BCUT2D eigenvalue weighted by molar-refractivity contribution is 6.31. The highest BCUT2D eigenvalue weighted by Gasteiger charge is 2.23. The summed E-state index contributed by atoms with van der Waals surface area (Å²) in [6.45, 7) is 2.93. The average molecular weight is 295 g/mol. The molecule has 2 rings (SSSR count). The summed E-state index contributed by atoms with van der Waals surface area (Å²) in [5, 5.41) is 8.25. The predicted molar refractivity (Wildman–Crippen MR) is 79.2 cm³/mol. The lowest BCUT2D eigenvalue weighted by atomic mass is 10.1. The molecule has 0 aromatic carbocycles. The summed E-state index contributed by atoms with van der Waals surface area (Å²) < 4.78 is 7.27. The van der Waals surface area contributed by atoms with Gasteiger partial charge in [0.2, 0.25) is 5.88 Å². The molecule has 2 aromatic rings. The van der Waals surface area contributed by atoms with Gasteiger partial charge in [-0.2, -0.15) is 5.10 Å². The Balaban J connectivity index is 2.49. The first-order valence-electron chi connectivity index (χ1n) is 6.60. The van der Waals surface area contributed by atoms with Crippen molar-refractivity contribution in [2.24, 2.45) is 0 Å². The Morgan fingerprint density at radius 3 is 2.95 bits per heavy atom. The molecule has 0 saturated heterocycles. The number of aryl methyl sites for hydroxylation is 1. The van der Waals surface area contributed by atoms with Crippen LogP contribution >= 0.6 is 11.6 Å². The topological polar surface area (TPSA) is 52.0 Å². The van der Waals surface area contributed by atoms with Gasteiger partial charge < -0.3 is 10.1 Å². The summed E-state index contributed by atoms with van der Waals surface area (Å²) in [5.41, 5.74) is 1.87. The van der Waals surface area contributed by atoms with Gasteiger partial charge in [-0.05, 0) is 19.5 Å². The first-order chi connectivity index (χ1) is 9.72. The van der Waals surface area contributed by atoms with Crippen LogP contribution in [0.3, 0.4) is 0 Å². The Morgan fingerprint density at radius 1 is 1.50 bits per heavy atom. The van der Waals surface area contributed by atoms with Crippen molar-refractivity contribution in [1.29, 1.82) is 0 Å². The summed E-state index contributed by atoms with van der Waals surface area (Å²) in [6.07, 6.45) is 4.38. The molecule has 0 fully saturated rings. The third-order valence-corrected chi connectivity index (χ3v) is 3.43. The van der Waals surface area contributed by atoms with Crippen LogP contribution < -0.4 is 10.1 Å². The number of ether oxygens (including phenoxy) is 1. The molecule has 0 aliphatic heterocycles. The summed E-state index contributed by atoms with van der Waals surface area (Å²) in [5.74, 6) is 0.590. The number of nitrogens with one attached hydrogen (secondary N) is 1. The van der Waals surface area contributed by atoms with Gasteiger partial charge in [-0.25, -0.2) is 4.98 Å². The van der Waals surface area contributed by atoms with Crippen LogP contribution in [-0.2, 0) is 6.54 Å². The highest BCUT2D eigenvalue weighted by atomic mass is 35.5. The van der Waals surface area contributed by atoms with Crippen molar-refractivity contribution >= 4 is 11.6 Å². The molecule has 1 N–H and O–H groups in total. The SMILES string of the molecule is CCCn1ncc(Cl)c1C(NC)c1cccnc1OC. The lowest BCUT2D eigenvalue weighted by Crippen LogP contribution is -2.23. The number of pyridine rings is 1. The Bertz CT molecular complexity index is 570. The van der Waals surface area contributed by atoms with Crippen molar-refractivity contribution in [3.8, 4) is 5.88 Å². The van der Waals surface area contributed by atoms with Crippen LogP contribution in [0.2, 0.25) is 5.02 Å². The second-order valence-electron chi connectivity index (χ2n) is 4.42. The number of hydrogen-bond acceptors (Lipinski definition) is 4. The van der Waals surface area contributed by atoms with E-state index in [1.54, 1.807) is 19.5 Å². The van der Waals surface area contributed by atoms with E-state index in [1.165, 1.54) is 0 Å². The van der Waals surface area contributed by atoms with Crippen molar-refractivity contribution in [1.82, 2.24) is 20.1 Å². The Hall–Kier alpha value is -1.59. The summed E-state index contributed by atoms with van der Waals surface area (Å²) in [4.78, 5) is 4.25. The zero-order valence-corrected chi connectivity index (χ0v) is 12.7. The molecule has 5 nitrogen and oxygen atoms in total. The summed E-state index contributed by atoms with van der Waals surface area (Å²) in [7, 11) is 3.50. The van der Waals surface area contributed by atoms with E-state index in [9.17, 15) is 0 Å². The number of hydrogen-bond donors (Lipinski definition) is 1. The largest absolute Gasteiger partial charge is 0.481 e. The predicted octanol–water partition coefficient (Wildman–Crippen LogP) is 2.66. The average Bonchev–Trinajstić information content (AvgIpc) is 2.83. The van der Waals surface area contributed by atoms with E-state index < -0.39 is 0 Å². The van der Waals surface area contributed by atoms with Gasteiger partial charge in [-0.1, -0.05) is 24.6 Å². The van der Waals surface area contributed by atoms with E-state index in [0.717, 1.165) is 24.2 Å². The fourth-order valence-corrected chi connectivity index (χ4v) is 2.53. The Labute approximate surface area is 123 Å². The molecule has 2 aromatic heterocycles. The van der Waals surface area contributed by atoms with E-state index >= 15 is 0 Å². The zero-order chi connectivity index (χ0) is 14.5. The Morgan fingerprint density at radius 2 is 2.30 bits per heavy atom. The fraction of sp³-hybridized carbons (Fsp3) is 0.429. The van der Waals surface area contributed by atoms with Crippen LogP contribution in [-0.4, -0.2) is 28.9 Å². The minimum absolute atomic E-state index is 0.111. The van der Waals surface area contributed by atoms with Crippen LogP contribution in [0.5, 0.6) is 5.88 Å². The molecule has 0 bridgehead atoms. The van der Waals surface area contributed by atoms with Crippen molar-refractivity contribution in [2.45, 2.75) is 25.9 Å². The third-order valence-electron chi connectivity index (χ3n) is 3.14. The normalized spacial score (nSPS) is 12.4. The number of aromatic nitrogens is 3. The molecule has 6 heteroatoms. The number of nitrogens with zero attached hydrogens (tertiary/aromatic N) is 3. The molecule has 0 aliphatic rings. The molecule has 0 amide bonds. The van der Waals surface area contributed by atoms with E-state index in [0.29, 0.717) is 10.9 Å². The maximum absolute atomic E-state index is 6.32. The smallest absolute Gasteiger partial charge is 0.218 e. The number of rotatable bonds is 6. The quantitative estimate of drug-likeness (QED) is 0.890. The minimum atomic E-state index is -0.111. The van der Waals surface area contributed by atoms with Gasteiger partial charge >= 0.3 is 0 Å².